The summed E-state index contributed by atoms with van der Waals surface area (Å²) >= 11 is 0. The summed E-state index contributed by atoms with van der Waals surface area (Å²) in [5.74, 6) is 0. The average Bonchev–Trinajstić information content (AvgIpc) is 3.38. The van der Waals surface area contributed by atoms with Crippen LogP contribution in [-0.2, 0) is 117 Å². The minimum Gasteiger partial charge on any atom is -0.392 e. The fraction of sp³-hybridized carbons (Fsp3) is 0.300. The summed E-state index contributed by atoms with van der Waals surface area (Å²) in [6.07, 6.45) is 10.2. The van der Waals surface area contributed by atoms with Crippen molar-refractivity contribution in [1.82, 2.24) is 0 Å². The highest BCUT2D eigenvalue weighted by Gasteiger charge is 2.24. The highest BCUT2D eigenvalue weighted by Crippen LogP contribution is 2.36. The lowest BCUT2D eigenvalue weighted by atomic mass is 9.76. The quantitative estimate of drug-likeness (QED) is 0.0360. The normalized spacial score (nSPS) is 11.4. The number of hydrogen-bond donors (Lipinski definition) is 6. The molecule has 6 nitrogen and oxygen atoms in total. The zero-order valence-electron chi connectivity index (χ0n) is 38.3. The van der Waals surface area contributed by atoms with Crippen LogP contribution >= 0.6 is 0 Å². The molecule has 0 radical (unpaired) electrons. The van der Waals surface area contributed by atoms with Crippen molar-refractivity contribution in [2.45, 2.75) is 117 Å². The van der Waals surface area contributed by atoms with Crippen LogP contribution in [0.2, 0.25) is 0 Å². The number of rotatable bonds is 24. The Morgan fingerprint density at radius 1 is 0.152 bits per heavy atom. The minimum absolute atomic E-state index is 0.0123. The third kappa shape index (κ3) is 13.2. The van der Waals surface area contributed by atoms with Crippen molar-refractivity contribution in [2.24, 2.45) is 0 Å². The van der Waals surface area contributed by atoms with Crippen molar-refractivity contribution < 1.29 is 30.6 Å². The molecule has 0 aliphatic heterocycles. The molecule has 342 valence electrons. The average molecular weight is 883 g/mol. The van der Waals surface area contributed by atoms with Gasteiger partial charge in [0.2, 0.25) is 0 Å². The molecule has 0 amide bonds. The SMILES string of the molecule is OCc1ccc(CCc2c(CCc3ccc(CO)cc3)c(CCc3ccc(CO)cc3)c(CCc3ccc(CO)cc3)c(CCc3ccc(CO)cc3)c2CCc2ccc(CO)cc2)cc1. The Bertz CT molecular complexity index is 2050. The highest BCUT2D eigenvalue weighted by molar-refractivity contribution is 5.55. The van der Waals surface area contributed by atoms with Gasteiger partial charge in [0.05, 0.1) is 39.6 Å². The zero-order valence-corrected chi connectivity index (χ0v) is 38.3. The topological polar surface area (TPSA) is 121 Å². The van der Waals surface area contributed by atoms with E-state index in [1.54, 1.807) is 0 Å². The maximum atomic E-state index is 9.86. The van der Waals surface area contributed by atoms with Crippen molar-refractivity contribution in [2.75, 3.05) is 0 Å². The molecule has 0 aliphatic rings. The first-order valence-electron chi connectivity index (χ1n) is 23.7. The first-order valence-corrected chi connectivity index (χ1v) is 23.7. The first-order chi connectivity index (χ1) is 32.4. The number of hydrogen-bond acceptors (Lipinski definition) is 6. The summed E-state index contributed by atoms with van der Waals surface area (Å²) in [5.41, 5.74) is 21.3. The monoisotopic (exact) mass is 882 g/mol. The molecule has 66 heavy (non-hydrogen) atoms. The van der Waals surface area contributed by atoms with Crippen LogP contribution in [0.3, 0.4) is 0 Å². The second kappa shape index (κ2) is 24.7. The van der Waals surface area contributed by atoms with Gasteiger partial charge in [0, 0.05) is 0 Å². The molecule has 0 spiro atoms. The Labute approximate surface area is 391 Å². The van der Waals surface area contributed by atoms with Crippen LogP contribution in [0, 0.1) is 0 Å². The Hall–Kier alpha value is -5.70. The van der Waals surface area contributed by atoms with Gasteiger partial charge in [0.25, 0.3) is 0 Å². The predicted molar refractivity (Wildman–Crippen MR) is 265 cm³/mol. The minimum atomic E-state index is 0.0123. The van der Waals surface area contributed by atoms with Crippen LogP contribution in [0.4, 0.5) is 0 Å². The van der Waals surface area contributed by atoms with Gasteiger partial charge in [0.1, 0.15) is 0 Å². The Morgan fingerprint density at radius 2 is 0.258 bits per heavy atom. The van der Waals surface area contributed by atoms with Gasteiger partial charge in [-0.25, -0.2) is 0 Å². The van der Waals surface area contributed by atoms with Crippen molar-refractivity contribution in [3.63, 3.8) is 0 Å². The smallest absolute Gasteiger partial charge is 0.0681 e. The van der Waals surface area contributed by atoms with Crippen molar-refractivity contribution in [3.8, 4) is 0 Å². The molecule has 7 aromatic carbocycles. The summed E-state index contributed by atoms with van der Waals surface area (Å²) in [4.78, 5) is 0. The van der Waals surface area contributed by atoms with E-state index in [1.165, 1.54) is 66.8 Å². The molecule has 7 aromatic rings. The fourth-order valence-corrected chi connectivity index (χ4v) is 9.39. The molecule has 0 bridgehead atoms. The van der Waals surface area contributed by atoms with Gasteiger partial charge in [-0.1, -0.05) is 146 Å². The molecule has 0 aliphatic carbocycles. The van der Waals surface area contributed by atoms with Crippen molar-refractivity contribution in [1.29, 1.82) is 0 Å². The molecule has 6 N–H and O–H groups in total. The number of aryl methyl sites for hydroxylation is 6. The predicted octanol–water partition coefficient (Wildman–Crippen LogP) is 9.35. The van der Waals surface area contributed by atoms with E-state index in [1.807, 2.05) is 72.8 Å². The summed E-state index contributed by atoms with van der Waals surface area (Å²) < 4.78 is 0. The zero-order chi connectivity index (χ0) is 46.1. The van der Waals surface area contributed by atoms with E-state index in [9.17, 15) is 30.6 Å². The summed E-state index contributed by atoms with van der Waals surface area (Å²) in [5, 5.41) is 59.2. The van der Waals surface area contributed by atoms with E-state index in [2.05, 4.69) is 72.8 Å². The Morgan fingerprint density at radius 3 is 0.364 bits per heavy atom. The first kappa shape index (κ1) is 48.2. The van der Waals surface area contributed by atoms with Gasteiger partial charge in [-0.15, -0.1) is 0 Å². The van der Waals surface area contributed by atoms with Crippen molar-refractivity contribution >= 4 is 0 Å². The molecule has 0 atom stereocenters. The van der Waals surface area contributed by atoms with Gasteiger partial charge in [-0.3, -0.25) is 0 Å². The summed E-state index contributed by atoms with van der Waals surface area (Å²) in [6.45, 7) is 0.0736. The van der Waals surface area contributed by atoms with Crippen LogP contribution in [-0.4, -0.2) is 30.6 Å². The third-order valence-electron chi connectivity index (χ3n) is 13.4. The van der Waals surface area contributed by atoms with E-state index >= 15 is 0 Å². The molecule has 0 saturated carbocycles. The fourth-order valence-electron chi connectivity index (χ4n) is 9.39. The van der Waals surface area contributed by atoms with E-state index in [0.717, 1.165) is 110 Å². The molecule has 6 heteroatoms. The second-order valence-electron chi connectivity index (χ2n) is 17.7. The molecule has 0 aromatic heterocycles. The third-order valence-corrected chi connectivity index (χ3v) is 13.4. The Kier molecular flexibility index (Phi) is 18.1. The standard InChI is InChI=1S/C60H66O6/c61-37-49-13-1-43(2-14-49)25-31-55-56(32-26-44-3-15-50(38-62)16-4-44)58(34-28-46-7-19-52(40-64)20-8-46)60(36-30-48-11-23-54(42-66)24-12-48)59(35-29-47-9-21-53(41-65)22-10-47)57(55)33-27-45-5-17-51(39-63)18-6-45/h1-24,61-66H,25-42H2. The molecule has 0 unspecified atom stereocenters. The molecular formula is C60H66O6. The van der Waals surface area contributed by atoms with E-state index in [0.29, 0.717) is 0 Å². The second-order valence-corrected chi connectivity index (χ2v) is 17.7. The number of aliphatic hydroxyl groups is 6. The van der Waals surface area contributed by atoms with Gasteiger partial charge in [-0.05, 0) is 177 Å². The maximum absolute atomic E-state index is 9.86. The van der Waals surface area contributed by atoms with E-state index in [4.69, 9.17) is 0 Å². The van der Waals surface area contributed by atoms with Gasteiger partial charge >= 0.3 is 0 Å². The van der Waals surface area contributed by atoms with Crippen LogP contribution in [0.15, 0.2) is 146 Å². The Balaban J connectivity index is 1.43. The molecule has 0 heterocycles. The molecule has 0 saturated heterocycles. The van der Waals surface area contributed by atoms with E-state index < -0.39 is 0 Å². The van der Waals surface area contributed by atoms with Gasteiger partial charge in [0.15, 0.2) is 0 Å². The number of benzene rings is 7. The summed E-state index contributed by atoms with van der Waals surface area (Å²) in [7, 11) is 0. The molecule has 7 rings (SSSR count). The van der Waals surface area contributed by atoms with Gasteiger partial charge < -0.3 is 30.6 Å². The maximum Gasteiger partial charge on any atom is 0.0681 e. The van der Waals surface area contributed by atoms with Crippen LogP contribution in [0.5, 0.6) is 0 Å². The van der Waals surface area contributed by atoms with Crippen LogP contribution in [0.1, 0.15) is 100 Å². The van der Waals surface area contributed by atoms with E-state index in [-0.39, 0.29) is 39.6 Å². The molecular weight excluding hydrogens is 817 g/mol. The van der Waals surface area contributed by atoms with Crippen LogP contribution < -0.4 is 0 Å². The lowest BCUT2D eigenvalue weighted by Crippen LogP contribution is -2.18. The van der Waals surface area contributed by atoms with Gasteiger partial charge in [-0.2, -0.15) is 0 Å². The van der Waals surface area contributed by atoms with Crippen molar-refractivity contribution in [3.05, 3.63) is 246 Å². The molecule has 0 fully saturated rings. The summed E-state index contributed by atoms with van der Waals surface area (Å²) in [6, 6.07) is 50.2. The number of aliphatic hydroxyl groups excluding tert-OH is 6. The lowest BCUT2D eigenvalue weighted by molar-refractivity contribution is 0.281. The largest absolute Gasteiger partial charge is 0.392 e. The lowest BCUT2D eigenvalue weighted by Gasteiger charge is -2.28. The van der Waals surface area contributed by atoms with Crippen LogP contribution in [0.25, 0.3) is 0 Å². The highest BCUT2D eigenvalue weighted by atomic mass is 16.3.